The minimum Gasteiger partial charge on any atom is -0.451 e. The van der Waals surface area contributed by atoms with Gasteiger partial charge in [-0.05, 0) is 74.7 Å². The van der Waals surface area contributed by atoms with Gasteiger partial charge in [0.25, 0.3) is 5.91 Å². The molecule has 6 rings (SSSR count). The first-order valence-electron chi connectivity index (χ1n) is 10.4. The molecule has 4 bridgehead atoms. The summed E-state index contributed by atoms with van der Waals surface area (Å²) in [5.74, 6) is 2.96. The molecule has 0 saturated heterocycles. The second-order valence-electron chi connectivity index (χ2n) is 9.31. The number of carbonyl (C=O) groups excluding carboxylic acids is 1. The summed E-state index contributed by atoms with van der Waals surface area (Å²) < 4.78 is 11.3. The van der Waals surface area contributed by atoms with Crippen molar-refractivity contribution in [2.45, 2.75) is 58.1 Å². The lowest BCUT2D eigenvalue weighted by Gasteiger charge is -2.59. The van der Waals surface area contributed by atoms with E-state index in [-0.39, 0.29) is 17.4 Å². The van der Waals surface area contributed by atoms with E-state index in [9.17, 15) is 4.79 Å². The van der Waals surface area contributed by atoms with E-state index >= 15 is 0 Å². The lowest BCUT2D eigenvalue weighted by Crippen LogP contribution is -2.55. The van der Waals surface area contributed by atoms with Gasteiger partial charge in [-0.1, -0.05) is 18.2 Å². The zero-order chi connectivity index (χ0) is 18.6. The van der Waals surface area contributed by atoms with Crippen LogP contribution < -0.4 is 5.32 Å². The fourth-order valence-corrected chi connectivity index (χ4v) is 6.69. The van der Waals surface area contributed by atoms with Gasteiger partial charge in [0, 0.05) is 24.1 Å². The Morgan fingerprint density at radius 1 is 1.19 bits per heavy atom. The Hall–Kier alpha value is -1.81. The summed E-state index contributed by atoms with van der Waals surface area (Å²) in [6.45, 7) is 2.59. The molecular weight excluding hydrogens is 338 g/mol. The van der Waals surface area contributed by atoms with Crippen LogP contribution in [0.4, 0.5) is 0 Å². The summed E-state index contributed by atoms with van der Waals surface area (Å²) in [5, 5.41) is 4.29. The number of benzene rings is 1. The molecule has 2 aromatic rings. The molecule has 144 valence electrons. The molecule has 1 N–H and O–H groups in total. The molecule has 4 aliphatic carbocycles. The maximum absolute atomic E-state index is 13.2. The third kappa shape index (κ3) is 2.80. The topological polar surface area (TPSA) is 51.5 Å². The van der Waals surface area contributed by atoms with Crippen LogP contribution >= 0.6 is 0 Å². The van der Waals surface area contributed by atoms with Crippen LogP contribution in [0.2, 0.25) is 0 Å². The van der Waals surface area contributed by atoms with Crippen molar-refractivity contribution in [3.63, 3.8) is 0 Å². The molecule has 0 spiro atoms. The van der Waals surface area contributed by atoms with Gasteiger partial charge in [0.1, 0.15) is 5.58 Å². The first-order valence-corrected chi connectivity index (χ1v) is 10.4. The van der Waals surface area contributed by atoms with Crippen molar-refractivity contribution in [2.24, 2.45) is 23.2 Å². The quantitative estimate of drug-likeness (QED) is 0.816. The van der Waals surface area contributed by atoms with Crippen LogP contribution in [0.5, 0.6) is 0 Å². The van der Waals surface area contributed by atoms with E-state index in [0.717, 1.165) is 34.3 Å². The maximum Gasteiger partial charge on any atom is 0.287 e. The van der Waals surface area contributed by atoms with Crippen molar-refractivity contribution < 1.29 is 13.9 Å². The van der Waals surface area contributed by atoms with E-state index in [1.54, 1.807) is 7.11 Å². The smallest absolute Gasteiger partial charge is 0.287 e. The Morgan fingerprint density at radius 2 is 1.81 bits per heavy atom. The Labute approximate surface area is 160 Å². The van der Waals surface area contributed by atoms with Crippen LogP contribution in [0.25, 0.3) is 11.0 Å². The van der Waals surface area contributed by atoms with E-state index in [2.05, 4.69) is 12.2 Å². The fourth-order valence-electron chi connectivity index (χ4n) is 6.69. The molecule has 4 nitrogen and oxygen atoms in total. The minimum atomic E-state index is -0.0958. The summed E-state index contributed by atoms with van der Waals surface area (Å²) >= 11 is 0. The van der Waals surface area contributed by atoms with Gasteiger partial charge in [-0.15, -0.1) is 0 Å². The summed E-state index contributed by atoms with van der Waals surface area (Å²) in [6, 6.07) is 7.99. The van der Waals surface area contributed by atoms with E-state index in [1.807, 2.05) is 24.3 Å². The fraction of sp³-hybridized carbons (Fsp3) is 0.609. The molecule has 4 heteroatoms. The Bertz CT molecular complexity index is 832. The highest BCUT2D eigenvalue weighted by atomic mass is 16.5. The minimum absolute atomic E-state index is 0.0958. The van der Waals surface area contributed by atoms with Gasteiger partial charge in [0.15, 0.2) is 5.76 Å². The van der Waals surface area contributed by atoms with Crippen LogP contribution in [-0.4, -0.2) is 19.1 Å². The summed E-state index contributed by atoms with van der Waals surface area (Å²) in [6.07, 6.45) is 8.10. The molecule has 1 heterocycles. The van der Waals surface area contributed by atoms with Crippen molar-refractivity contribution in [3.05, 3.63) is 35.6 Å². The van der Waals surface area contributed by atoms with E-state index in [1.165, 1.54) is 38.5 Å². The first kappa shape index (κ1) is 17.3. The van der Waals surface area contributed by atoms with Gasteiger partial charge in [-0.2, -0.15) is 0 Å². The number of hydrogen-bond donors (Lipinski definition) is 1. The van der Waals surface area contributed by atoms with E-state index in [0.29, 0.717) is 12.4 Å². The highest BCUT2D eigenvalue weighted by Gasteiger charge is 2.53. The monoisotopic (exact) mass is 367 g/mol. The van der Waals surface area contributed by atoms with Crippen molar-refractivity contribution in [3.8, 4) is 0 Å². The van der Waals surface area contributed by atoms with Crippen LogP contribution in [0.3, 0.4) is 0 Å². The van der Waals surface area contributed by atoms with Gasteiger partial charge in [0.05, 0.1) is 6.61 Å². The number of fused-ring (bicyclic) bond motifs is 1. The zero-order valence-electron chi connectivity index (χ0n) is 16.3. The Kier molecular flexibility index (Phi) is 4.08. The van der Waals surface area contributed by atoms with Crippen molar-refractivity contribution in [1.29, 1.82) is 0 Å². The molecule has 1 aromatic heterocycles. The van der Waals surface area contributed by atoms with Gasteiger partial charge in [0.2, 0.25) is 0 Å². The van der Waals surface area contributed by atoms with Crippen LogP contribution in [0.15, 0.2) is 28.7 Å². The largest absolute Gasteiger partial charge is 0.451 e. The molecule has 0 aliphatic heterocycles. The molecule has 1 amide bonds. The number of carbonyl (C=O) groups is 1. The number of hydrogen-bond acceptors (Lipinski definition) is 3. The molecular formula is C23H29NO3. The van der Waals surface area contributed by atoms with Gasteiger partial charge < -0.3 is 14.5 Å². The van der Waals surface area contributed by atoms with Crippen molar-refractivity contribution in [2.75, 3.05) is 7.11 Å². The molecule has 1 atom stereocenters. The normalized spacial score (nSPS) is 32.7. The second kappa shape index (κ2) is 6.37. The van der Waals surface area contributed by atoms with Crippen LogP contribution in [0.1, 0.15) is 61.6 Å². The SMILES string of the molecule is COCc1c(C(=O)N[C@@H](C)C23CC4CC(CC(C4)C2)C3)oc2ccccc12. The Morgan fingerprint density at radius 3 is 2.44 bits per heavy atom. The van der Waals surface area contributed by atoms with E-state index < -0.39 is 0 Å². The standard InChI is InChI=1S/C23H29NO3/c1-14(23-10-15-7-16(11-23)9-17(8-15)12-23)24-22(25)21-19(13-26-2)18-5-3-4-6-20(18)27-21/h3-6,14-17H,7-13H2,1-2H3,(H,24,25)/t14-,15?,16?,17?,23?/m0/s1. The third-order valence-corrected chi connectivity index (χ3v) is 7.54. The average molecular weight is 367 g/mol. The molecule has 4 saturated carbocycles. The number of rotatable bonds is 5. The second-order valence-corrected chi connectivity index (χ2v) is 9.31. The summed E-state index contributed by atoms with van der Waals surface area (Å²) in [4.78, 5) is 13.2. The Balaban J connectivity index is 1.41. The number of nitrogens with one attached hydrogen (secondary N) is 1. The number of para-hydroxylation sites is 1. The predicted molar refractivity (Wildman–Crippen MR) is 104 cm³/mol. The van der Waals surface area contributed by atoms with Crippen molar-refractivity contribution in [1.82, 2.24) is 5.32 Å². The summed E-state index contributed by atoms with van der Waals surface area (Å²) in [7, 11) is 1.65. The third-order valence-electron chi connectivity index (χ3n) is 7.54. The highest BCUT2D eigenvalue weighted by Crippen LogP contribution is 2.61. The number of amides is 1. The zero-order valence-corrected chi connectivity index (χ0v) is 16.3. The molecule has 27 heavy (non-hydrogen) atoms. The van der Waals surface area contributed by atoms with Crippen LogP contribution in [-0.2, 0) is 11.3 Å². The van der Waals surface area contributed by atoms with Crippen molar-refractivity contribution >= 4 is 16.9 Å². The lowest BCUT2D eigenvalue weighted by molar-refractivity contribution is -0.0688. The molecule has 0 unspecified atom stereocenters. The number of furan rings is 1. The van der Waals surface area contributed by atoms with Crippen LogP contribution in [0, 0.1) is 23.2 Å². The first-order chi connectivity index (χ1) is 13.1. The molecule has 1 aromatic carbocycles. The van der Waals surface area contributed by atoms with E-state index in [4.69, 9.17) is 9.15 Å². The number of methoxy groups -OCH3 is 1. The maximum atomic E-state index is 13.2. The number of ether oxygens (including phenoxy) is 1. The highest BCUT2D eigenvalue weighted by molar-refractivity contribution is 5.99. The van der Waals surface area contributed by atoms with Gasteiger partial charge >= 0.3 is 0 Å². The average Bonchev–Trinajstić information content (AvgIpc) is 3.00. The molecule has 4 fully saturated rings. The summed E-state index contributed by atoms with van der Waals surface area (Å²) in [5.41, 5.74) is 1.89. The predicted octanol–water partition coefficient (Wildman–Crippen LogP) is 4.91. The van der Waals surface area contributed by atoms with Gasteiger partial charge in [-0.3, -0.25) is 4.79 Å². The lowest BCUT2D eigenvalue weighted by atomic mass is 9.48. The molecule has 4 aliphatic rings. The molecule has 0 radical (unpaired) electrons. The van der Waals surface area contributed by atoms with Gasteiger partial charge in [-0.25, -0.2) is 0 Å².